The first-order valence-corrected chi connectivity index (χ1v) is 13.2. The lowest BCUT2D eigenvalue weighted by Crippen LogP contribution is -2.32. The Balaban J connectivity index is 1.99. The highest BCUT2D eigenvalue weighted by Gasteiger charge is 2.23. The van der Waals surface area contributed by atoms with Crippen molar-refractivity contribution in [1.82, 2.24) is 8.87 Å². The molecule has 0 saturated heterocycles. The molecule has 0 fully saturated rings. The van der Waals surface area contributed by atoms with Crippen LogP contribution in [0.15, 0.2) is 46.3 Å². The molecule has 174 valence electrons. The summed E-state index contributed by atoms with van der Waals surface area (Å²) in [7, 11) is -3.60. The van der Waals surface area contributed by atoms with E-state index in [0.717, 1.165) is 34.2 Å². The second-order valence-corrected chi connectivity index (χ2v) is 10.9. The largest absolute Gasteiger partial charge is 0.304 e. The lowest BCUT2D eigenvalue weighted by molar-refractivity contribution is 0.0998. The van der Waals surface area contributed by atoms with E-state index in [1.54, 1.807) is 0 Å². The van der Waals surface area contributed by atoms with Crippen molar-refractivity contribution in [2.75, 3.05) is 13.1 Å². The van der Waals surface area contributed by atoms with Crippen LogP contribution in [0, 0.1) is 26.2 Å². The average Bonchev–Trinajstić information content (AvgIpc) is 3.10. The standard InChI is InChI=1S/C25H29N3O3S2/c1-6-13-27(14-7-2)33(30,31)21-11-9-20(10-12-21)24(29)26-25-28(15-8-3)23-19(5)16-18(4)17-22(23)32-25/h3,9-12,16-17H,6-7,13-15H2,1-2,4-5H3. The predicted octanol–water partition coefficient (Wildman–Crippen LogP) is 4.50. The van der Waals surface area contributed by atoms with Crippen LogP contribution in [0.2, 0.25) is 0 Å². The van der Waals surface area contributed by atoms with E-state index in [0.29, 0.717) is 30.0 Å². The maximum Gasteiger partial charge on any atom is 0.279 e. The number of carbonyl (C=O) groups excluding carboxylic acids is 1. The smallest absolute Gasteiger partial charge is 0.279 e. The normalized spacial score (nSPS) is 12.4. The number of terminal acetylenes is 1. The Morgan fingerprint density at radius 1 is 1.12 bits per heavy atom. The third kappa shape index (κ3) is 5.27. The van der Waals surface area contributed by atoms with Crippen LogP contribution in [0.5, 0.6) is 0 Å². The maximum atomic E-state index is 13.0. The third-order valence-electron chi connectivity index (χ3n) is 5.24. The van der Waals surface area contributed by atoms with Crippen LogP contribution >= 0.6 is 11.3 Å². The minimum Gasteiger partial charge on any atom is -0.304 e. The summed E-state index contributed by atoms with van der Waals surface area (Å²) in [5, 5.41) is 0. The summed E-state index contributed by atoms with van der Waals surface area (Å²) in [6.07, 6.45) is 7.05. The summed E-state index contributed by atoms with van der Waals surface area (Å²) in [6.45, 7) is 9.17. The van der Waals surface area contributed by atoms with E-state index in [9.17, 15) is 13.2 Å². The molecule has 0 aliphatic rings. The molecular formula is C25H29N3O3S2. The number of hydrogen-bond acceptors (Lipinski definition) is 4. The van der Waals surface area contributed by atoms with Crippen LogP contribution in [-0.2, 0) is 16.6 Å². The number of benzene rings is 2. The van der Waals surface area contributed by atoms with Gasteiger partial charge in [-0.2, -0.15) is 9.30 Å². The van der Waals surface area contributed by atoms with E-state index >= 15 is 0 Å². The molecule has 33 heavy (non-hydrogen) atoms. The molecule has 0 aliphatic carbocycles. The van der Waals surface area contributed by atoms with Crippen molar-refractivity contribution >= 4 is 37.5 Å². The minimum absolute atomic E-state index is 0.177. The Morgan fingerprint density at radius 3 is 2.33 bits per heavy atom. The molecule has 3 aromatic rings. The fraction of sp³-hybridized carbons (Fsp3) is 0.360. The number of amides is 1. The quantitative estimate of drug-likeness (QED) is 0.443. The number of nitrogens with zero attached hydrogens (tertiary/aromatic N) is 3. The highest BCUT2D eigenvalue weighted by molar-refractivity contribution is 7.89. The van der Waals surface area contributed by atoms with Gasteiger partial charge in [0.25, 0.3) is 5.91 Å². The molecule has 8 heteroatoms. The number of aromatic nitrogens is 1. The van der Waals surface area contributed by atoms with Gasteiger partial charge in [-0.15, -0.1) is 6.42 Å². The van der Waals surface area contributed by atoms with Crippen molar-refractivity contribution in [3.05, 3.63) is 57.9 Å². The fourth-order valence-corrected chi connectivity index (χ4v) is 6.66. The monoisotopic (exact) mass is 483 g/mol. The first kappa shape index (κ1) is 24.9. The zero-order valence-electron chi connectivity index (χ0n) is 19.5. The van der Waals surface area contributed by atoms with Crippen molar-refractivity contribution in [2.24, 2.45) is 4.99 Å². The van der Waals surface area contributed by atoms with Crippen LogP contribution < -0.4 is 4.80 Å². The second kappa shape index (κ2) is 10.5. The van der Waals surface area contributed by atoms with Gasteiger partial charge in [0.2, 0.25) is 10.0 Å². The zero-order chi connectivity index (χ0) is 24.2. The number of carbonyl (C=O) groups is 1. The van der Waals surface area contributed by atoms with E-state index in [4.69, 9.17) is 6.42 Å². The molecule has 0 saturated carbocycles. The number of aryl methyl sites for hydroxylation is 2. The third-order valence-corrected chi connectivity index (χ3v) is 8.18. The van der Waals surface area contributed by atoms with E-state index in [1.165, 1.54) is 39.9 Å². The highest BCUT2D eigenvalue weighted by Crippen LogP contribution is 2.23. The number of rotatable bonds is 8. The lowest BCUT2D eigenvalue weighted by Gasteiger charge is -2.21. The molecule has 0 aliphatic heterocycles. The maximum absolute atomic E-state index is 13.0. The van der Waals surface area contributed by atoms with E-state index < -0.39 is 15.9 Å². The van der Waals surface area contributed by atoms with E-state index in [-0.39, 0.29) is 4.90 Å². The lowest BCUT2D eigenvalue weighted by atomic mass is 10.1. The van der Waals surface area contributed by atoms with Gasteiger partial charge in [-0.25, -0.2) is 8.42 Å². The van der Waals surface area contributed by atoms with Gasteiger partial charge < -0.3 is 4.57 Å². The minimum atomic E-state index is -3.60. The van der Waals surface area contributed by atoms with Crippen molar-refractivity contribution in [3.63, 3.8) is 0 Å². The Bertz CT molecular complexity index is 1370. The highest BCUT2D eigenvalue weighted by atomic mass is 32.2. The van der Waals surface area contributed by atoms with Crippen LogP contribution in [0.4, 0.5) is 0 Å². The van der Waals surface area contributed by atoms with Gasteiger partial charge in [-0.05, 0) is 68.1 Å². The molecule has 0 unspecified atom stereocenters. The molecular weight excluding hydrogens is 454 g/mol. The Hall–Kier alpha value is -2.73. The van der Waals surface area contributed by atoms with Gasteiger partial charge >= 0.3 is 0 Å². The van der Waals surface area contributed by atoms with Gasteiger partial charge in [-0.3, -0.25) is 4.79 Å². The molecule has 0 radical (unpaired) electrons. The zero-order valence-corrected chi connectivity index (χ0v) is 21.1. The summed E-state index contributed by atoms with van der Waals surface area (Å²) in [4.78, 5) is 17.9. The molecule has 1 heterocycles. The Labute approximate surface area is 199 Å². The first-order valence-electron chi connectivity index (χ1n) is 11.0. The van der Waals surface area contributed by atoms with Gasteiger partial charge in [-0.1, -0.05) is 37.2 Å². The molecule has 2 aromatic carbocycles. The molecule has 0 atom stereocenters. The van der Waals surface area contributed by atoms with Crippen molar-refractivity contribution in [1.29, 1.82) is 0 Å². The van der Waals surface area contributed by atoms with Gasteiger partial charge in [0.05, 0.1) is 21.7 Å². The van der Waals surface area contributed by atoms with Crippen molar-refractivity contribution in [2.45, 2.75) is 52.0 Å². The SMILES string of the molecule is C#CCn1c(=NC(=O)c2ccc(S(=O)(=O)N(CCC)CCC)cc2)sc2cc(C)cc(C)c21. The molecule has 0 N–H and O–H groups in total. The molecule has 0 bridgehead atoms. The van der Waals surface area contributed by atoms with Crippen LogP contribution in [0.25, 0.3) is 10.2 Å². The average molecular weight is 484 g/mol. The Kier molecular flexibility index (Phi) is 7.90. The summed E-state index contributed by atoms with van der Waals surface area (Å²) >= 11 is 1.41. The molecule has 1 amide bonds. The summed E-state index contributed by atoms with van der Waals surface area (Å²) in [5.41, 5.74) is 3.50. The fourth-order valence-electron chi connectivity index (χ4n) is 3.84. The van der Waals surface area contributed by atoms with Crippen molar-refractivity contribution in [3.8, 4) is 12.3 Å². The van der Waals surface area contributed by atoms with Crippen LogP contribution in [-0.4, -0.2) is 36.3 Å². The number of hydrogen-bond donors (Lipinski definition) is 0. The summed E-state index contributed by atoms with van der Waals surface area (Å²) in [6, 6.07) is 10.1. The van der Waals surface area contributed by atoms with E-state index in [1.807, 2.05) is 32.3 Å². The summed E-state index contributed by atoms with van der Waals surface area (Å²) < 4.78 is 30.3. The van der Waals surface area contributed by atoms with Crippen LogP contribution in [0.1, 0.15) is 48.2 Å². The van der Waals surface area contributed by atoms with Gasteiger partial charge in [0.15, 0.2) is 4.80 Å². The first-order chi connectivity index (χ1) is 15.7. The molecule has 6 nitrogen and oxygen atoms in total. The number of thiazole rings is 1. The van der Waals surface area contributed by atoms with Gasteiger partial charge in [0.1, 0.15) is 0 Å². The van der Waals surface area contributed by atoms with Crippen LogP contribution in [0.3, 0.4) is 0 Å². The number of fused-ring (bicyclic) bond motifs is 1. The predicted molar refractivity (Wildman–Crippen MR) is 134 cm³/mol. The molecule has 3 rings (SSSR count). The van der Waals surface area contributed by atoms with Crippen molar-refractivity contribution < 1.29 is 13.2 Å². The van der Waals surface area contributed by atoms with Gasteiger partial charge in [0, 0.05) is 18.7 Å². The Morgan fingerprint density at radius 2 is 1.76 bits per heavy atom. The van der Waals surface area contributed by atoms with E-state index in [2.05, 4.69) is 23.0 Å². The topological polar surface area (TPSA) is 71.7 Å². The number of sulfonamides is 1. The second-order valence-electron chi connectivity index (χ2n) is 7.95. The molecule has 0 spiro atoms. The molecule has 1 aromatic heterocycles. The summed E-state index contributed by atoms with van der Waals surface area (Å²) in [5.74, 6) is 2.20.